The molecule has 1 spiro atoms. The molecule has 144 valence electrons. The van der Waals surface area contributed by atoms with Crippen LogP contribution >= 0.6 is 0 Å². The van der Waals surface area contributed by atoms with Crippen molar-refractivity contribution in [2.45, 2.75) is 25.3 Å². The van der Waals surface area contributed by atoms with Gasteiger partial charge in [0, 0.05) is 6.42 Å². The first-order valence-corrected chi connectivity index (χ1v) is 9.94. The van der Waals surface area contributed by atoms with Crippen molar-refractivity contribution >= 4 is 17.4 Å². The normalized spacial score (nSPS) is 21.8. The standard InChI is InChI=1S/C25H21NO3/c1-2-22(27)20-14-18-10-6-7-11-19(18)25(20)24(28)29-23-13-12-17(15-21(23)26-25)16-8-4-3-5-9-16/h3-13,15,20,26H,2,14H2,1H3. The second-order valence-electron chi connectivity index (χ2n) is 7.63. The molecule has 0 saturated carbocycles. The highest BCUT2D eigenvalue weighted by atomic mass is 16.5. The van der Waals surface area contributed by atoms with Crippen LogP contribution in [-0.4, -0.2) is 11.8 Å². The average Bonchev–Trinajstić information content (AvgIpc) is 3.09. The van der Waals surface area contributed by atoms with Crippen LogP contribution in [0.15, 0.2) is 72.8 Å². The number of anilines is 1. The Morgan fingerprint density at radius 3 is 2.59 bits per heavy atom. The van der Waals surface area contributed by atoms with Gasteiger partial charge in [0.05, 0.1) is 11.6 Å². The molecule has 3 aromatic rings. The smallest absolute Gasteiger partial charge is 0.342 e. The zero-order chi connectivity index (χ0) is 20.0. The third kappa shape index (κ3) is 2.59. The third-order valence-corrected chi connectivity index (χ3v) is 6.07. The molecule has 29 heavy (non-hydrogen) atoms. The number of nitrogens with one attached hydrogen (secondary N) is 1. The lowest BCUT2D eigenvalue weighted by Crippen LogP contribution is -2.54. The molecule has 1 N–H and O–H groups in total. The van der Waals surface area contributed by atoms with Crippen molar-refractivity contribution in [3.05, 3.63) is 83.9 Å². The predicted octanol–water partition coefficient (Wildman–Crippen LogP) is 4.73. The number of hydrogen-bond donors (Lipinski definition) is 1. The lowest BCUT2D eigenvalue weighted by atomic mass is 9.79. The summed E-state index contributed by atoms with van der Waals surface area (Å²) in [6.45, 7) is 1.84. The van der Waals surface area contributed by atoms with E-state index in [-0.39, 0.29) is 5.78 Å². The summed E-state index contributed by atoms with van der Waals surface area (Å²) >= 11 is 0. The zero-order valence-corrected chi connectivity index (χ0v) is 16.1. The molecule has 0 amide bonds. The van der Waals surface area contributed by atoms with Crippen LogP contribution in [0, 0.1) is 5.92 Å². The zero-order valence-electron chi connectivity index (χ0n) is 16.1. The minimum Gasteiger partial charge on any atom is -0.422 e. The number of hydrogen-bond acceptors (Lipinski definition) is 4. The molecule has 1 aliphatic carbocycles. The van der Waals surface area contributed by atoms with E-state index >= 15 is 0 Å². The molecule has 2 atom stereocenters. The van der Waals surface area contributed by atoms with Crippen molar-refractivity contribution in [2.75, 3.05) is 5.32 Å². The molecule has 5 rings (SSSR count). The fourth-order valence-corrected chi connectivity index (χ4v) is 4.62. The fourth-order valence-electron chi connectivity index (χ4n) is 4.62. The number of esters is 1. The Labute approximate surface area is 169 Å². The van der Waals surface area contributed by atoms with Crippen LogP contribution in [0.2, 0.25) is 0 Å². The highest BCUT2D eigenvalue weighted by Crippen LogP contribution is 2.50. The highest BCUT2D eigenvalue weighted by molar-refractivity contribution is 6.00. The van der Waals surface area contributed by atoms with Gasteiger partial charge in [-0.3, -0.25) is 4.79 Å². The molecule has 1 heterocycles. The van der Waals surface area contributed by atoms with E-state index in [1.54, 1.807) is 0 Å². The van der Waals surface area contributed by atoms with Gasteiger partial charge in [0.1, 0.15) is 5.78 Å². The number of carbonyl (C=O) groups excluding carboxylic acids is 2. The molecule has 2 aliphatic rings. The number of ether oxygens (including phenoxy) is 1. The second kappa shape index (κ2) is 6.59. The number of Topliss-reactive ketones (excluding diaryl/α,β-unsaturated/α-hetero) is 1. The summed E-state index contributed by atoms with van der Waals surface area (Å²) in [5.41, 5.74) is 3.52. The van der Waals surface area contributed by atoms with E-state index < -0.39 is 17.4 Å². The molecule has 4 heteroatoms. The molecule has 0 bridgehead atoms. The van der Waals surface area contributed by atoms with Gasteiger partial charge in [-0.05, 0) is 40.8 Å². The molecule has 3 aromatic carbocycles. The summed E-state index contributed by atoms with van der Waals surface area (Å²) < 4.78 is 5.79. The number of benzene rings is 3. The molecule has 0 fully saturated rings. The van der Waals surface area contributed by atoms with Crippen molar-refractivity contribution in [2.24, 2.45) is 5.92 Å². The Bertz CT molecular complexity index is 1120. The van der Waals surface area contributed by atoms with Crippen LogP contribution < -0.4 is 10.1 Å². The van der Waals surface area contributed by atoms with Gasteiger partial charge in [-0.25, -0.2) is 4.79 Å². The van der Waals surface area contributed by atoms with Gasteiger partial charge >= 0.3 is 5.97 Å². The topological polar surface area (TPSA) is 55.4 Å². The van der Waals surface area contributed by atoms with Crippen molar-refractivity contribution < 1.29 is 14.3 Å². The van der Waals surface area contributed by atoms with E-state index in [0.29, 0.717) is 18.6 Å². The minimum absolute atomic E-state index is 0.0633. The molecule has 0 aromatic heterocycles. The summed E-state index contributed by atoms with van der Waals surface area (Å²) in [6, 6.07) is 23.6. The molecule has 0 radical (unpaired) electrons. The van der Waals surface area contributed by atoms with Crippen molar-refractivity contribution in [3.8, 4) is 16.9 Å². The SMILES string of the molecule is CCC(=O)C1Cc2ccccc2C12Nc1cc(-c3ccccc3)ccc1OC2=O. The van der Waals surface area contributed by atoms with Gasteiger partial charge in [0.25, 0.3) is 0 Å². The summed E-state index contributed by atoms with van der Waals surface area (Å²) in [6.07, 6.45) is 0.922. The third-order valence-electron chi connectivity index (χ3n) is 6.07. The van der Waals surface area contributed by atoms with Gasteiger partial charge in [-0.1, -0.05) is 67.6 Å². The highest BCUT2D eigenvalue weighted by Gasteiger charge is 2.58. The predicted molar refractivity (Wildman–Crippen MR) is 112 cm³/mol. The summed E-state index contributed by atoms with van der Waals surface area (Å²) in [5.74, 6) is -0.333. The molecule has 0 saturated heterocycles. The largest absolute Gasteiger partial charge is 0.422 e. The van der Waals surface area contributed by atoms with Crippen molar-refractivity contribution in [1.29, 1.82) is 0 Å². The number of carbonyl (C=O) groups is 2. The Morgan fingerprint density at radius 1 is 1.03 bits per heavy atom. The van der Waals surface area contributed by atoms with Crippen molar-refractivity contribution in [3.63, 3.8) is 0 Å². The molecule has 4 nitrogen and oxygen atoms in total. The van der Waals surface area contributed by atoms with Crippen LogP contribution in [0.5, 0.6) is 5.75 Å². The minimum atomic E-state index is -1.17. The van der Waals surface area contributed by atoms with Crippen LogP contribution in [0.25, 0.3) is 11.1 Å². The molecular weight excluding hydrogens is 362 g/mol. The summed E-state index contributed by atoms with van der Waals surface area (Å²) in [5, 5.41) is 3.46. The van der Waals surface area contributed by atoms with Gasteiger partial charge in [0.15, 0.2) is 11.3 Å². The van der Waals surface area contributed by atoms with Gasteiger partial charge in [0.2, 0.25) is 0 Å². The lowest BCUT2D eigenvalue weighted by Gasteiger charge is -2.39. The van der Waals surface area contributed by atoms with Crippen LogP contribution in [-0.2, 0) is 21.5 Å². The maximum atomic E-state index is 13.3. The fraction of sp³-hybridized carbons (Fsp3) is 0.200. The van der Waals surface area contributed by atoms with E-state index in [2.05, 4.69) is 5.32 Å². The monoisotopic (exact) mass is 383 g/mol. The molecule has 2 unspecified atom stereocenters. The summed E-state index contributed by atoms with van der Waals surface area (Å²) in [4.78, 5) is 26.1. The first-order chi connectivity index (χ1) is 14.1. The van der Waals surface area contributed by atoms with E-state index in [4.69, 9.17) is 4.74 Å². The summed E-state index contributed by atoms with van der Waals surface area (Å²) in [7, 11) is 0. The number of fused-ring (bicyclic) bond motifs is 3. The molecule has 1 aliphatic heterocycles. The maximum absolute atomic E-state index is 13.3. The first-order valence-electron chi connectivity index (χ1n) is 9.94. The van der Waals surface area contributed by atoms with E-state index in [0.717, 1.165) is 27.9 Å². The van der Waals surface area contributed by atoms with Crippen LogP contribution in [0.1, 0.15) is 24.5 Å². The van der Waals surface area contributed by atoms with Gasteiger partial charge in [-0.15, -0.1) is 0 Å². The Hall–Kier alpha value is -3.40. The average molecular weight is 383 g/mol. The maximum Gasteiger partial charge on any atom is 0.342 e. The Morgan fingerprint density at radius 2 is 1.79 bits per heavy atom. The van der Waals surface area contributed by atoms with Crippen LogP contribution in [0.4, 0.5) is 5.69 Å². The van der Waals surface area contributed by atoms with Crippen molar-refractivity contribution in [1.82, 2.24) is 0 Å². The second-order valence-corrected chi connectivity index (χ2v) is 7.63. The Kier molecular flexibility index (Phi) is 4.02. The number of ketones is 1. The van der Waals surface area contributed by atoms with E-state index in [1.165, 1.54) is 0 Å². The molecular formula is C25H21NO3. The van der Waals surface area contributed by atoms with E-state index in [1.807, 2.05) is 79.7 Å². The first kappa shape index (κ1) is 17.7. The Balaban J connectivity index is 1.65. The quantitative estimate of drug-likeness (QED) is 0.525. The lowest BCUT2D eigenvalue weighted by molar-refractivity contribution is -0.145. The number of rotatable bonds is 3. The van der Waals surface area contributed by atoms with Gasteiger partial charge in [-0.2, -0.15) is 0 Å². The van der Waals surface area contributed by atoms with Gasteiger partial charge < -0.3 is 10.1 Å². The van der Waals surface area contributed by atoms with E-state index in [9.17, 15) is 9.59 Å². The van der Waals surface area contributed by atoms with Crippen LogP contribution in [0.3, 0.4) is 0 Å².